The summed E-state index contributed by atoms with van der Waals surface area (Å²) in [5, 5.41) is 3.27. The lowest BCUT2D eigenvalue weighted by Gasteiger charge is -1.98. The van der Waals surface area contributed by atoms with E-state index in [-0.39, 0.29) is 0 Å². The molecule has 4 nitrogen and oxygen atoms in total. The topological polar surface area (TPSA) is 51.2 Å². The SMILES string of the molecule is CCCNCc1ncc(-c2c(C)oc(C)c2C)o1. The van der Waals surface area contributed by atoms with Gasteiger partial charge in [-0.15, -0.1) is 0 Å². The fourth-order valence-electron chi connectivity index (χ4n) is 2.04. The Labute approximate surface area is 107 Å². The van der Waals surface area contributed by atoms with Gasteiger partial charge in [-0.3, -0.25) is 0 Å². The molecule has 0 unspecified atom stereocenters. The van der Waals surface area contributed by atoms with Gasteiger partial charge in [0.25, 0.3) is 0 Å². The van der Waals surface area contributed by atoms with Crippen molar-refractivity contribution >= 4 is 0 Å². The number of nitrogens with zero attached hydrogens (tertiary/aromatic N) is 1. The first-order valence-corrected chi connectivity index (χ1v) is 6.35. The molecule has 0 bridgehead atoms. The highest BCUT2D eigenvalue weighted by molar-refractivity contribution is 5.64. The molecule has 0 aliphatic carbocycles. The zero-order valence-electron chi connectivity index (χ0n) is 11.5. The number of aryl methyl sites for hydroxylation is 2. The number of hydrogen-bond acceptors (Lipinski definition) is 4. The molecule has 0 spiro atoms. The summed E-state index contributed by atoms with van der Waals surface area (Å²) in [5.41, 5.74) is 2.15. The molecule has 4 heteroatoms. The van der Waals surface area contributed by atoms with Crippen molar-refractivity contribution < 1.29 is 8.83 Å². The predicted octanol–water partition coefficient (Wildman–Crippen LogP) is 3.36. The summed E-state index contributed by atoms with van der Waals surface area (Å²) in [4.78, 5) is 4.29. The lowest BCUT2D eigenvalue weighted by Crippen LogP contribution is -2.13. The Bertz CT molecular complexity index is 526. The van der Waals surface area contributed by atoms with Crippen molar-refractivity contribution in [2.24, 2.45) is 0 Å². The van der Waals surface area contributed by atoms with E-state index in [0.717, 1.165) is 47.3 Å². The zero-order chi connectivity index (χ0) is 13.1. The smallest absolute Gasteiger partial charge is 0.208 e. The van der Waals surface area contributed by atoms with Gasteiger partial charge in [0.15, 0.2) is 5.76 Å². The fourth-order valence-corrected chi connectivity index (χ4v) is 2.04. The Hall–Kier alpha value is -1.55. The van der Waals surface area contributed by atoms with Gasteiger partial charge >= 0.3 is 0 Å². The summed E-state index contributed by atoms with van der Waals surface area (Å²) in [6.45, 7) is 9.73. The summed E-state index contributed by atoms with van der Waals surface area (Å²) in [7, 11) is 0. The molecular weight excluding hydrogens is 228 g/mol. The number of aromatic nitrogens is 1. The molecule has 0 fully saturated rings. The molecule has 18 heavy (non-hydrogen) atoms. The molecule has 0 aliphatic heterocycles. The third-order valence-corrected chi connectivity index (χ3v) is 3.06. The molecule has 98 valence electrons. The molecular formula is C14H20N2O2. The summed E-state index contributed by atoms with van der Waals surface area (Å²) in [5.74, 6) is 3.32. The lowest BCUT2D eigenvalue weighted by molar-refractivity contribution is 0.474. The van der Waals surface area contributed by atoms with E-state index in [1.807, 2.05) is 20.8 Å². The van der Waals surface area contributed by atoms with Gasteiger partial charge in [0.2, 0.25) is 5.89 Å². The quantitative estimate of drug-likeness (QED) is 0.824. The molecule has 0 atom stereocenters. The maximum absolute atomic E-state index is 5.76. The lowest BCUT2D eigenvalue weighted by atomic mass is 10.1. The average molecular weight is 248 g/mol. The van der Waals surface area contributed by atoms with Crippen LogP contribution in [0.5, 0.6) is 0 Å². The summed E-state index contributed by atoms with van der Waals surface area (Å²) < 4.78 is 11.4. The van der Waals surface area contributed by atoms with Gasteiger partial charge < -0.3 is 14.2 Å². The second-order valence-electron chi connectivity index (χ2n) is 4.51. The molecule has 0 saturated carbocycles. The van der Waals surface area contributed by atoms with Crippen LogP contribution >= 0.6 is 0 Å². The van der Waals surface area contributed by atoms with Crippen LogP contribution in [-0.4, -0.2) is 11.5 Å². The van der Waals surface area contributed by atoms with Crippen LogP contribution in [-0.2, 0) is 6.54 Å². The number of oxazole rings is 1. The van der Waals surface area contributed by atoms with Gasteiger partial charge in [-0.2, -0.15) is 0 Å². The second-order valence-corrected chi connectivity index (χ2v) is 4.51. The van der Waals surface area contributed by atoms with Crippen LogP contribution in [0.3, 0.4) is 0 Å². The Morgan fingerprint density at radius 1 is 1.17 bits per heavy atom. The molecule has 2 aromatic heterocycles. The van der Waals surface area contributed by atoms with Crippen LogP contribution < -0.4 is 5.32 Å². The Kier molecular flexibility index (Phi) is 3.87. The number of nitrogens with one attached hydrogen (secondary N) is 1. The first kappa shape index (κ1) is 12.9. The molecule has 2 heterocycles. The Morgan fingerprint density at radius 3 is 2.56 bits per heavy atom. The largest absolute Gasteiger partial charge is 0.466 e. The van der Waals surface area contributed by atoms with E-state index < -0.39 is 0 Å². The van der Waals surface area contributed by atoms with E-state index >= 15 is 0 Å². The van der Waals surface area contributed by atoms with Crippen LogP contribution in [0.4, 0.5) is 0 Å². The van der Waals surface area contributed by atoms with E-state index in [0.29, 0.717) is 6.54 Å². The first-order chi connectivity index (χ1) is 8.63. The second kappa shape index (κ2) is 5.40. The van der Waals surface area contributed by atoms with Gasteiger partial charge in [-0.1, -0.05) is 6.92 Å². The molecule has 0 saturated heterocycles. The number of furan rings is 1. The van der Waals surface area contributed by atoms with Crippen LogP contribution in [0.2, 0.25) is 0 Å². The van der Waals surface area contributed by atoms with E-state index in [1.165, 1.54) is 0 Å². The first-order valence-electron chi connectivity index (χ1n) is 6.35. The van der Waals surface area contributed by atoms with Crippen molar-refractivity contribution in [3.05, 3.63) is 29.2 Å². The van der Waals surface area contributed by atoms with Gasteiger partial charge in [0.1, 0.15) is 11.5 Å². The van der Waals surface area contributed by atoms with Gasteiger partial charge in [0, 0.05) is 5.56 Å². The average Bonchev–Trinajstić information content (AvgIpc) is 2.86. The monoisotopic (exact) mass is 248 g/mol. The molecule has 2 rings (SSSR count). The molecule has 2 aromatic rings. The van der Waals surface area contributed by atoms with Gasteiger partial charge in [-0.25, -0.2) is 4.98 Å². The van der Waals surface area contributed by atoms with Crippen molar-refractivity contribution in [3.63, 3.8) is 0 Å². The van der Waals surface area contributed by atoms with Crippen molar-refractivity contribution in [1.29, 1.82) is 0 Å². The van der Waals surface area contributed by atoms with Crippen molar-refractivity contribution in [3.8, 4) is 11.3 Å². The minimum absolute atomic E-state index is 0.669. The van der Waals surface area contributed by atoms with Crippen LogP contribution in [0.25, 0.3) is 11.3 Å². The third-order valence-electron chi connectivity index (χ3n) is 3.06. The molecule has 0 amide bonds. The number of rotatable bonds is 5. The summed E-state index contributed by atoms with van der Waals surface area (Å²) in [6.07, 6.45) is 2.87. The van der Waals surface area contributed by atoms with Crippen molar-refractivity contribution in [2.45, 2.75) is 40.7 Å². The third kappa shape index (κ3) is 2.48. The minimum Gasteiger partial charge on any atom is -0.466 e. The van der Waals surface area contributed by atoms with Gasteiger partial charge in [0.05, 0.1) is 18.3 Å². The zero-order valence-corrected chi connectivity index (χ0v) is 11.5. The van der Waals surface area contributed by atoms with Crippen molar-refractivity contribution in [1.82, 2.24) is 10.3 Å². The van der Waals surface area contributed by atoms with E-state index in [2.05, 4.69) is 17.2 Å². The highest BCUT2D eigenvalue weighted by Crippen LogP contribution is 2.31. The van der Waals surface area contributed by atoms with E-state index in [1.54, 1.807) is 6.20 Å². The minimum atomic E-state index is 0.669. The standard InChI is InChI=1S/C14H20N2O2/c1-5-6-15-8-13-16-7-12(18-13)14-9(2)10(3)17-11(14)4/h7,15H,5-6,8H2,1-4H3. The maximum Gasteiger partial charge on any atom is 0.208 e. The van der Waals surface area contributed by atoms with E-state index in [9.17, 15) is 0 Å². The summed E-state index contributed by atoms with van der Waals surface area (Å²) >= 11 is 0. The number of hydrogen-bond donors (Lipinski definition) is 1. The maximum atomic E-state index is 5.76. The highest BCUT2D eigenvalue weighted by atomic mass is 16.4. The van der Waals surface area contributed by atoms with E-state index in [4.69, 9.17) is 8.83 Å². The fraction of sp³-hybridized carbons (Fsp3) is 0.500. The molecule has 0 aromatic carbocycles. The molecule has 0 aliphatic rings. The van der Waals surface area contributed by atoms with Gasteiger partial charge in [-0.05, 0) is 33.7 Å². The molecule has 1 N–H and O–H groups in total. The Balaban J connectivity index is 2.19. The van der Waals surface area contributed by atoms with Crippen LogP contribution in [0.15, 0.2) is 15.0 Å². The normalized spacial score (nSPS) is 11.1. The van der Waals surface area contributed by atoms with Crippen LogP contribution in [0, 0.1) is 20.8 Å². The predicted molar refractivity (Wildman–Crippen MR) is 70.4 cm³/mol. The summed E-state index contributed by atoms with van der Waals surface area (Å²) in [6, 6.07) is 0. The van der Waals surface area contributed by atoms with Crippen molar-refractivity contribution in [2.75, 3.05) is 6.54 Å². The van der Waals surface area contributed by atoms with Crippen LogP contribution in [0.1, 0.15) is 36.3 Å². The Morgan fingerprint density at radius 2 is 1.94 bits per heavy atom. The highest BCUT2D eigenvalue weighted by Gasteiger charge is 2.17. The molecule has 0 radical (unpaired) electrons.